The van der Waals surface area contributed by atoms with Crippen LogP contribution in [0.2, 0.25) is 0 Å². The number of anilines is 1. The number of carbonyl (C=O) groups is 1. The molecule has 0 aliphatic carbocycles. The summed E-state index contributed by atoms with van der Waals surface area (Å²) in [5.41, 5.74) is 3.74. The number of imidazole rings is 1. The summed E-state index contributed by atoms with van der Waals surface area (Å²) in [6.07, 6.45) is 2.51. The molecule has 0 saturated carbocycles. The predicted octanol–water partition coefficient (Wildman–Crippen LogP) is 2.47. The quantitative estimate of drug-likeness (QED) is 0.474. The van der Waals surface area contributed by atoms with Crippen molar-refractivity contribution in [2.75, 3.05) is 5.32 Å². The van der Waals surface area contributed by atoms with Gasteiger partial charge in [-0.3, -0.25) is 4.79 Å². The van der Waals surface area contributed by atoms with Crippen LogP contribution in [-0.4, -0.2) is 29.3 Å². The highest BCUT2D eigenvalue weighted by Crippen LogP contribution is 2.22. The molecule has 0 spiro atoms. The van der Waals surface area contributed by atoms with Crippen molar-refractivity contribution in [3.05, 3.63) is 78.0 Å². The number of benzene rings is 2. The molecule has 0 bridgehead atoms. The third kappa shape index (κ3) is 4.00. The molecule has 4 aromatic rings. The highest BCUT2D eigenvalue weighted by Gasteiger charge is 2.09. The van der Waals surface area contributed by atoms with Crippen LogP contribution < -0.4 is 10.5 Å². The first-order chi connectivity index (χ1) is 13.9. The van der Waals surface area contributed by atoms with E-state index in [0.717, 1.165) is 23.1 Å². The maximum atomic E-state index is 11.3. The molecule has 0 aliphatic heterocycles. The summed E-state index contributed by atoms with van der Waals surface area (Å²) in [4.78, 5) is 15.5. The highest BCUT2D eigenvalue weighted by atomic mass is 32.2. The van der Waals surface area contributed by atoms with E-state index < -0.39 is 10.0 Å². The van der Waals surface area contributed by atoms with E-state index >= 15 is 0 Å². The fraction of sp³-hybridized carbons (Fsp3) is 0.0500. The Balaban J connectivity index is 1.58. The summed E-state index contributed by atoms with van der Waals surface area (Å²) in [5.74, 6) is 0.624. The molecule has 0 amide bonds. The van der Waals surface area contributed by atoms with Gasteiger partial charge in [0, 0.05) is 17.7 Å². The molecule has 0 atom stereocenters. The molecule has 0 aliphatic rings. The van der Waals surface area contributed by atoms with Gasteiger partial charge in [-0.25, -0.2) is 23.1 Å². The Bertz CT molecular complexity index is 1300. The lowest BCUT2D eigenvalue weighted by Crippen LogP contribution is -2.12. The van der Waals surface area contributed by atoms with E-state index in [0.29, 0.717) is 23.6 Å². The minimum Gasteiger partial charge on any atom is -0.365 e. The number of fused-ring (bicyclic) bond motifs is 1. The third-order valence-electron chi connectivity index (χ3n) is 4.41. The normalized spacial score (nSPS) is 11.5. The van der Waals surface area contributed by atoms with Gasteiger partial charge in [0.2, 0.25) is 10.0 Å². The number of nitrogens with two attached hydrogens (primary N) is 1. The number of hydrogen-bond acceptors (Lipinski definition) is 6. The van der Waals surface area contributed by atoms with E-state index in [9.17, 15) is 13.2 Å². The molecule has 29 heavy (non-hydrogen) atoms. The summed E-state index contributed by atoms with van der Waals surface area (Å²) >= 11 is 0. The molecule has 0 radical (unpaired) electrons. The molecule has 3 N–H and O–H groups in total. The average Bonchev–Trinajstić information content (AvgIpc) is 3.15. The number of nitrogens with zero attached hydrogens (tertiary/aromatic N) is 3. The van der Waals surface area contributed by atoms with Crippen molar-refractivity contribution in [3.63, 3.8) is 0 Å². The summed E-state index contributed by atoms with van der Waals surface area (Å²) in [6, 6.07) is 17.2. The van der Waals surface area contributed by atoms with Gasteiger partial charge < -0.3 is 5.32 Å². The standard InChI is InChI=1S/C20H17N5O3S/c21-29(27,28)17-6-4-14(5-7-17)11-22-19-8-9-20-23-12-18(25(20)24-19)16-3-1-2-15(10-16)13-26/h1-10,12-13H,11H2,(H,22,24)(H2,21,27,28). The smallest absolute Gasteiger partial charge is 0.238 e. The molecule has 0 saturated heterocycles. The molecular formula is C20H17N5O3S. The third-order valence-corrected chi connectivity index (χ3v) is 5.34. The summed E-state index contributed by atoms with van der Waals surface area (Å²) in [6.45, 7) is 0.452. The molecule has 2 aromatic carbocycles. The van der Waals surface area contributed by atoms with Crippen LogP contribution >= 0.6 is 0 Å². The number of sulfonamides is 1. The van der Waals surface area contributed by atoms with Crippen LogP contribution in [0.4, 0.5) is 5.82 Å². The van der Waals surface area contributed by atoms with Crippen LogP contribution in [0.1, 0.15) is 15.9 Å². The van der Waals surface area contributed by atoms with Gasteiger partial charge in [0.25, 0.3) is 0 Å². The second-order valence-corrected chi connectivity index (χ2v) is 7.98. The Morgan fingerprint density at radius 1 is 1.07 bits per heavy atom. The van der Waals surface area contributed by atoms with E-state index in [4.69, 9.17) is 5.14 Å². The Morgan fingerprint density at radius 2 is 1.86 bits per heavy atom. The van der Waals surface area contributed by atoms with Crippen LogP contribution in [-0.2, 0) is 16.6 Å². The zero-order chi connectivity index (χ0) is 20.4. The van der Waals surface area contributed by atoms with Gasteiger partial charge in [-0.15, -0.1) is 5.10 Å². The van der Waals surface area contributed by atoms with Crippen LogP contribution in [0.25, 0.3) is 16.9 Å². The second kappa shape index (κ2) is 7.46. The van der Waals surface area contributed by atoms with Crippen molar-refractivity contribution in [2.45, 2.75) is 11.4 Å². The van der Waals surface area contributed by atoms with Crippen LogP contribution in [0.15, 0.2) is 71.8 Å². The first kappa shape index (κ1) is 18.8. The lowest BCUT2D eigenvalue weighted by Gasteiger charge is -2.08. The molecule has 2 aromatic heterocycles. The molecular weight excluding hydrogens is 390 g/mol. The van der Waals surface area contributed by atoms with E-state index in [1.807, 2.05) is 24.3 Å². The van der Waals surface area contributed by atoms with Crippen molar-refractivity contribution in [3.8, 4) is 11.3 Å². The molecule has 9 heteroatoms. The Morgan fingerprint density at radius 3 is 2.59 bits per heavy atom. The highest BCUT2D eigenvalue weighted by molar-refractivity contribution is 7.89. The van der Waals surface area contributed by atoms with Gasteiger partial charge in [-0.2, -0.15) is 0 Å². The van der Waals surface area contributed by atoms with Crippen molar-refractivity contribution in [1.82, 2.24) is 14.6 Å². The second-order valence-electron chi connectivity index (χ2n) is 6.42. The summed E-state index contributed by atoms with van der Waals surface area (Å²) in [7, 11) is -3.71. The number of aldehydes is 1. The number of hydrogen-bond donors (Lipinski definition) is 2. The van der Waals surface area contributed by atoms with Gasteiger partial charge in [0.1, 0.15) is 12.1 Å². The molecule has 0 fully saturated rings. The van der Waals surface area contributed by atoms with Gasteiger partial charge in [0.15, 0.2) is 5.65 Å². The number of carbonyl (C=O) groups excluding carboxylic acids is 1. The maximum Gasteiger partial charge on any atom is 0.238 e. The number of rotatable bonds is 6. The summed E-state index contributed by atoms with van der Waals surface area (Å²) < 4.78 is 24.4. The van der Waals surface area contributed by atoms with Gasteiger partial charge in [0.05, 0.1) is 16.8 Å². The van der Waals surface area contributed by atoms with Crippen molar-refractivity contribution in [1.29, 1.82) is 0 Å². The van der Waals surface area contributed by atoms with Crippen LogP contribution in [0.5, 0.6) is 0 Å². The minimum atomic E-state index is -3.71. The van der Waals surface area contributed by atoms with E-state index in [-0.39, 0.29) is 4.90 Å². The predicted molar refractivity (Wildman–Crippen MR) is 109 cm³/mol. The van der Waals surface area contributed by atoms with E-state index in [1.54, 1.807) is 35.0 Å². The van der Waals surface area contributed by atoms with Crippen molar-refractivity contribution in [2.24, 2.45) is 5.14 Å². The molecule has 0 unspecified atom stereocenters. The van der Waals surface area contributed by atoms with Crippen molar-refractivity contribution >= 4 is 27.8 Å². The molecule has 8 nitrogen and oxygen atoms in total. The number of primary sulfonamides is 1. The molecule has 146 valence electrons. The zero-order valence-electron chi connectivity index (χ0n) is 15.2. The van der Waals surface area contributed by atoms with E-state index in [1.165, 1.54) is 12.1 Å². The fourth-order valence-corrected chi connectivity index (χ4v) is 3.44. The van der Waals surface area contributed by atoms with Crippen LogP contribution in [0, 0.1) is 0 Å². The average molecular weight is 407 g/mol. The Kier molecular flexibility index (Phi) is 4.83. The molecule has 4 rings (SSSR count). The minimum absolute atomic E-state index is 0.0707. The maximum absolute atomic E-state index is 11.3. The van der Waals surface area contributed by atoms with Gasteiger partial charge in [-0.1, -0.05) is 30.3 Å². The monoisotopic (exact) mass is 407 g/mol. The fourth-order valence-electron chi connectivity index (χ4n) is 2.93. The Hall–Kier alpha value is -3.56. The summed E-state index contributed by atoms with van der Waals surface area (Å²) in [5, 5.41) is 12.9. The lowest BCUT2D eigenvalue weighted by molar-refractivity contribution is 0.112. The SMILES string of the molecule is NS(=O)(=O)c1ccc(CNc2ccc3ncc(-c4cccc(C=O)c4)n3n2)cc1. The van der Waals surface area contributed by atoms with Crippen molar-refractivity contribution < 1.29 is 13.2 Å². The van der Waals surface area contributed by atoms with E-state index in [2.05, 4.69) is 15.4 Å². The first-order valence-electron chi connectivity index (χ1n) is 8.70. The number of aromatic nitrogens is 3. The lowest BCUT2D eigenvalue weighted by atomic mass is 10.1. The van der Waals surface area contributed by atoms with Gasteiger partial charge in [-0.05, 0) is 35.9 Å². The van der Waals surface area contributed by atoms with Gasteiger partial charge >= 0.3 is 0 Å². The zero-order valence-corrected chi connectivity index (χ0v) is 16.0. The first-order valence-corrected chi connectivity index (χ1v) is 10.2. The Labute approximate surface area is 167 Å². The molecule has 2 heterocycles. The topological polar surface area (TPSA) is 119 Å². The largest absolute Gasteiger partial charge is 0.365 e. The number of nitrogens with one attached hydrogen (secondary N) is 1. The van der Waals surface area contributed by atoms with Crippen LogP contribution in [0.3, 0.4) is 0 Å².